The Bertz CT molecular complexity index is 424. The van der Waals surface area contributed by atoms with Gasteiger partial charge in [-0.25, -0.2) is 0 Å². The second-order valence-electron chi connectivity index (χ2n) is 6.66. The van der Waals surface area contributed by atoms with Crippen molar-refractivity contribution in [2.45, 2.75) is 71.3 Å². The molecule has 1 aliphatic rings. The maximum atomic E-state index is 5.61. The molecule has 2 rings (SSSR count). The third kappa shape index (κ3) is 5.61. The molecule has 1 aromatic rings. The summed E-state index contributed by atoms with van der Waals surface area (Å²) in [6, 6.07) is 9.16. The minimum absolute atomic E-state index is 0.756. The van der Waals surface area contributed by atoms with Crippen molar-refractivity contribution < 1.29 is 4.74 Å². The van der Waals surface area contributed by atoms with Gasteiger partial charge in [0, 0.05) is 6.61 Å². The molecule has 0 spiro atoms. The molecule has 1 fully saturated rings. The molecule has 0 aromatic heterocycles. The molecule has 0 heterocycles. The van der Waals surface area contributed by atoms with Crippen molar-refractivity contribution in [1.82, 2.24) is 0 Å². The van der Waals surface area contributed by atoms with Crippen LogP contribution in [0.2, 0.25) is 0 Å². The van der Waals surface area contributed by atoms with Crippen LogP contribution in [-0.4, -0.2) is 6.61 Å². The average Bonchev–Trinajstić information content (AvgIpc) is 2.57. The second kappa shape index (κ2) is 9.84. The number of rotatable bonds is 8. The highest BCUT2D eigenvalue weighted by Crippen LogP contribution is 2.37. The first-order valence-electron chi connectivity index (χ1n) is 9.11. The number of benzene rings is 1. The Morgan fingerprint density at radius 1 is 1.09 bits per heavy atom. The van der Waals surface area contributed by atoms with Gasteiger partial charge in [0.25, 0.3) is 0 Å². The maximum absolute atomic E-state index is 5.61. The summed E-state index contributed by atoms with van der Waals surface area (Å²) >= 11 is 0. The molecule has 22 heavy (non-hydrogen) atoms. The number of allylic oxidation sites excluding steroid dienone is 2. The van der Waals surface area contributed by atoms with Crippen LogP contribution in [-0.2, 0) is 11.3 Å². The van der Waals surface area contributed by atoms with Gasteiger partial charge < -0.3 is 4.74 Å². The quantitative estimate of drug-likeness (QED) is 0.407. The topological polar surface area (TPSA) is 9.23 Å². The molecule has 0 bridgehead atoms. The van der Waals surface area contributed by atoms with Gasteiger partial charge >= 0.3 is 0 Å². The molecule has 1 aromatic carbocycles. The van der Waals surface area contributed by atoms with Crippen molar-refractivity contribution in [2.75, 3.05) is 6.61 Å². The fourth-order valence-corrected chi connectivity index (χ4v) is 3.50. The van der Waals surface area contributed by atoms with Crippen LogP contribution in [0.25, 0.3) is 0 Å². The Balaban J connectivity index is 1.76. The van der Waals surface area contributed by atoms with Crippen molar-refractivity contribution in [2.24, 2.45) is 5.92 Å². The predicted molar refractivity (Wildman–Crippen MR) is 95.1 cm³/mol. The number of hydrogen-bond acceptors (Lipinski definition) is 1. The van der Waals surface area contributed by atoms with Crippen LogP contribution >= 0.6 is 0 Å². The molecule has 0 radical (unpaired) electrons. The Hall–Kier alpha value is -1.08. The van der Waals surface area contributed by atoms with Gasteiger partial charge in [-0.1, -0.05) is 43.3 Å². The van der Waals surface area contributed by atoms with Gasteiger partial charge in [0.15, 0.2) is 0 Å². The number of ether oxygens (including phenoxy) is 1. The fourth-order valence-electron chi connectivity index (χ4n) is 3.50. The van der Waals surface area contributed by atoms with Crippen LogP contribution in [0.5, 0.6) is 0 Å². The zero-order valence-corrected chi connectivity index (χ0v) is 14.4. The lowest BCUT2D eigenvalue weighted by molar-refractivity contribution is 0.121. The van der Waals surface area contributed by atoms with Gasteiger partial charge in [-0.2, -0.15) is 0 Å². The van der Waals surface area contributed by atoms with E-state index in [2.05, 4.69) is 50.3 Å². The third-order valence-corrected chi connectivity index (χ3v) is 4.89. The molecule has 1 saturated carbocycles. The lowest BCUT2D eigenvalue weighted by Crippen LogP contribution is -2.13. The van der Waals surface area contributed by atoms with Crippen molar-refractivity contribution in [1.29, 1.82) is 0 Å². The molecule has 0 saturated heterocycles. The molecule has 0 atom stereocenters. The smallest absolute Gasteiger partial charge is 0.0716 e. The van der Waals surface area contributed by atoms with E-state index >= 15 is 0 Å². The molecule has 1 aliphatic carbocycles. The molecule has 122 valence electrons. The van der Waals surface area contributed by atoms with Gasteiger partial charge in [-0.3, -0.25) is 0 Å². The molecule has 0 aliphatic heterocycles. The van der Waals surface area contributed by atoms with E-state index in [0.29, 0.717) is 0 Å². The Morgan fingerprint density at radius 3 is 2.45 bits per heavy atom. The highest BCUT2D eigenvalue weighted by Gasteiger charge is 2.21. The van der Waals surface area contributed by atoms with Crippen molar-refractivity contribution >= 4 is 0 Å². The van der Waals surface area contributed by atoms with E-state index in [-0.39, 0.29) is 0 Å². The third-order valence-electron chi connectivity index (χ3n) is 4.89. The van der Waals surface area contributed by atoms with Crippen LogP contribution in [0.3, 0.4) is 0 Å². The van der Waals surface area contributed by atoms with E-state index in [1.807, 2.05) is 0 Å². The normalized spacial score (nSPS) is 22.3. The minimum Gasteiger partial charge on any atom is -0.377 e. The molecule has 0 amide bonds. The largest absolute Gasteiger partial charge is 0.377 e. The van der Waals surface area contributed by atoms with Crippen molar-refractivity contribution in [3.63, 3.8) is 0 Å². The standard InChI is InChI=1S/C21H32O/c1-3-5-6-7-18-8-12-20(13-9-18)21-14-10-19(11-15-21)17-22-16-4-2/h3,5,10-11,14-15,18,20H,4,6-9,12-13,16-17H2,1-2H3. The Morgan fingerprint density at radius 2 is 1.82 bits per heavy atom. The van der Waals surface area contributed by atoms with Crippen LogP contribution in [0.4, 0.5) is 0 Å². The summed E-state index contributed by atoms with van der Waals surface area (Å²) in [6.07, 6.45) is 13.8. The summed E-state index contributed by atoms with van der Waals surface area (Å²) < 4.78 is 5.61. The summed E-state index contributed by atoms with van der Waals surface area (Å²) in [5.41, 5.74) is 2.84. The van der Waals surface area contributed by atoms with Crippen molar-refractivity contribution in [3.8, 4) is 0 Å². The van der Waals surface area contributed by atoms with E-state index in [9.17, 15) is 0 Å². The van der Waals surface area contributed by atoms with Gasteiger partial charge in [0.05, 0.1) is 6.61 Å². The molecule has 0 unspecified atom stereocenters. The lowest BCUT2D eigenvalue weighted by atomic mass is 9.77. The SMILES string of the molecule is CC=CCCC1CCC(c2ccc(COCCC)cc2)CC1. The molecule has 1 nitrogen and oxygen atoms in total. The Labute approximate surface area is 136 Å². The highest BCUT2D eigenvalue weighted by molar-refractivity contribution is 5.25. The van der Waals surface area contributed by atoms with Crippen LogP contribution in [0, 0.1) is 5.92 Å². The van der Waals surface area contributed by atoms with E-state index in [4.69, 9.17) is 4.74 Å². The molecular formula is C21H32O. The minimum atomic E-state index is 0.756. The van der Waals surface area contributed by atoms with Crippen LogP contribution < -0.4 is 0 Å². The van der Waals surface area contributed by atoms with Gasteiger partial charge in [-0.15, -0.1) is 0 Å². The van der Waals surface area contributed by atoms with E-state index in [0.717, 1.165) is 31.5 Å². The zero-order chi connectivity index (χ0) is 15.6. The number of hydrogen-bond donors (Lipinski definition) is 0. The van der Waals surface area contributed by atoms with Crippen molar-refractivity contribution in [3.05, 3.63) is 47.5 Å². The first-order valence-corrected chi connectivity index (χ1v) is 9.11. The fraction of sp³-hybridized carbons (Fsp3) is 0.619. The molecular weight excluding hydrogens is 268 g/mol. The average molecular weight is 300 g/mol. The monoisotopic (exact) mass is 300 g/mol. The van der Waals surface area contributed by atoms with Crippen LogP contribution in [0.15, 0.2) is 36.4 Å². The summed E-state index contributed by atoms with van der Waals surface area (Å²) in [7, 11) is 0. The van der Waals surface area contributed by atoms with Gasteiger partial charge in [0.2, 0.25) is 0 Å². The summed E-state index contributed by atoms with van der Waals surface area (Å²) in [4.78, 5) is 0. The zero-order valence-electron chi connectivity index (χ0n) is 14.4. The molecule has 0 N–H and O–H groups in total. The highest BCUT2D eigenvalue weighted by atomic mass is 16.5. The second-order valence-corrected chi connectivity index (χ2v) is 6.66. The summed E-state index contributed by atoms with van der Waals surface area (Å²) in [5.74, 6) is 1.73. The van der Waals surface area contributed by atoms with Crippen LogP contribution in [0.1, 0.15) is 75.8 Å². The summed E-state index contributed by atoms with van der Waals surface area (Å²) in [5, 5.41) is 0. The first-order chi connectivity index (χ1) is 10.8. The summed E-state index contributed by atoms with van der Waals surface area (Å²) in [6.45, 7) is 5.89. The van der Waals surface area contributed by atoms with Gasteiger partial charge in [-0.05, 0) is 74.8 Å². The first kappa shape index (κ1) is 17.3. The maximum Gasteiger partial charge on any atom is 0.0716 e. The van der Waals surface area contributed by atoms with E-state index in [1.165, 1.54) is 49.7 Å². The van der Waals surface area contributed by atoms with E-state index < -0.39 is 0 Å². The van der Waals surface area contributed by atoms with Gasteiger partial charge in [0.1, 0.15) is 0 Å². The molecule has 1 heteroatoms. The predicted octanol–water partition coefficient (Wildman–Crippen LogP) is 6.24. The lowest BCUT2D eigenvalue weighted by Gasteiger charge is -2.28. The Kier molecular flexibility index (Phi) is 7.73. The van der Waals surface area contributed by atoms with E-state index in [1.54, 1.807) is 0 Å².